The number of hydrogen-bond acceptors (Lipinski definition) is 2. The fraction of sp³-hybridized carbons (Fsp3) is 0.500. The second-order valence-corrected chi connectivity index (χ2v) is 1.18. The topological polar surface area (TPSA) is 21.6 Å². The molecule has 0 saturated carbocycles. The first-order chi connectivity index (χ1) is 3.91. The van der Waals surface area contributed by atoms with Gasteiger partial charge in [0.05, 0.1) is 6.26 Å². The molecule has 0 aliphatic heterocycles. The van der Waals surface area contributed by atoms with E-state index in [1.807, 2.05) is 6.92 Å². The lowest BCUT2D eigenvalue weighted by atomic mass is 10.7. The molecule has 0 bridgehead atoms. The molecule has 0 spiro atoms. The summed E-state index contributed by atoms with van der Waals surface area (Å²) in [4.78, 5) is 3.91. The van der Waals surface area contributed by atoms with Gasteiger partial charge in [0.1, 0.15) is 6.61 Å². The van der Waals surface area contributed by atoms with Crippen molar-refractivity contribution in [2.24, 2.45) is 4.99 Å². The summed E-state index contributed by atoms with van der Waals surface area (Å²) in [6.07, 6.45) is 3.13. The van der Waals surface area contributed by atoms with Crippen molar-refractivity contribution in [2.45, 2.75) is 6.92 Å². The number of aliphatic imine (C=N–C) groups is 1. The van der Waals surface area contributed by atoms with E-state index in [4.69, 9.17) is 4.74 Å². The second kappa shape index (κ2) is 6.21. The average molecular weight is 113 g/mol. The number of rotatable bonds is 4. The normalized spacial score (nSPS) is 9.62. The van der Waals surface area contributed by atoms with Crippen LogP contribution in [0.15, 0.2) is 17.8 Å². The van der Waals surface area contributed by atoms with Crippen LogP contribution in [0.2, 0.25) is 0 Å². The third kappa shape index (κ3) is 5.21. The predicted molar refractivity (Wildman–Crippen MR) is 35.2 cm³/mol. The van der Waals surface area contributed by atoms with Crippen LogP contribution in [0.25, 0.3) is 0 Å². The number of hydrogen-bond donors (Lipinski definition) is 0. The van der Waals surface area contributed by atoms with E-state index in [9.17, 15) is 0 Å². The summed E-state index contributed by atoms with van der Waals surface area (Å²) < 4.78 is 4.75. The van der Waals surface area contributed by atoms with Crippen LogP contribution in [0, 0.1) is 0 Å². The Balaban J connectivity index is 2.90. The highest BCUT2D eigenvalue weighted by Crippen LogP contribution is 1.69. The Hall–Kier alpha value is -0.790. The Kier molecular flexibility index (Phi) is 5.60. The van der Waals surface area contributed by atoms with Gasteiger partial charge in [0.2, 0.25) is 0 Å². The lowest BCUT2D eigenvalue weighted by Crippen LogP contribution is -1.87. The zero-order valence-corrected chi connectivity index (χ0v) is 5.13. The van der Waals surface area contributed by atoms with E-state index in [2.05, 4.69) is 11.6 Å². The molecule has 0 rings (SSSR count). The van der Waals surface area contributed by atoms with Gasteiger partial charge in [-0.3, -0.25) is 4.99 Å². The van der Waals surface area contributed by atoms with E-state index in [1.165, 1.54) is 6.26 Å². The van der Waals surface area contributed by atoms with Gasteiger partial charge in [-0.2, -0.15) is 0 Å². The van der Waals surface area contributed by atoms with Gasteiger partial charge in [-0.05, 0) is 6.92 Å². The number of nitrogens with zero attached hydrogens (tertiary/aromatic N) is 1. The summed E-state index contributed by atoms with van der Waals surface area (Å²) in [6.45, 7) is 6.71. The first-order valence-electron chi connectivity index (χ1n) is 2.62. The molecule has 0 aliphatic carbocycles. The summed E-state index contributed by atoms with van der Waals surface area (Å²) in [5, 5.41) is 0. The Labute approximate surface area is 49.9 Å². The van der Waals surface area contributed by atoms with Gasteiger partial charge in [0, 0.05) is 12.8 Å². The third-order valence-electron chi connectivity index (χ3n) is 0.600. The van der Waals surface area contributed by atoms with E-state index in [1.54, 1.807) is 6.21 Å². The molecule has 0 amide bonds. The van der Waals surface area contributed by atoms with Gasteiger partial charge in [0.15, 0.2) is 0 Å². The van der Waals surface area contributed by atoms with Crippen molar-refractivity contribution < 1.29 is 4.74 Å². The third-order valence-corrected chi connectivity index (χ3v) is 0.600. The first-order valence-corrected chi connectivity index (χ1v) is 2.62. The lowest BCUT2D eigenvalue weighted by molar-refractivity contribution is 0.307. The van der Waals surface area contributed by atoms with Gasteiger partial charge >= 0.3 is 0 Å². The molecule has 46 valence electrons. The molecule has 0 fully saturated rings. The molecule has 0 saturated heterocycles. The van der Waals surface area contributed by atoms with Gasteiger partial charge in [-0.1, -0.05) is 6.58 Å². The SMILES string of the molecule is C=COCC=NCC. The molecule has 0 unspecified atom stereocenters. The molecular weight excluding hydrogens is 102 g/mol. The Morgan fingerprint density at radius 2 is 2.50 bits per heavy atom. The van der Waals surface area contributed by atoms with Crippen molar-refractivity contribution >= 4 is 6.21 Å². The van der Waals surface area contributed by atoms with E-state index in [0.29, 0.717) is 6.61 Å². The maximum Gasteiger partial charge on any atom is 0.122 e. The summed E-state index contributed by atoms with van der Waals surface area (Å²) in [6, 6.07) is 0. The highest BCUT2D eigenvalue weighted by molar-refractivity contribution is 5.58. The van der Waals surface area contributed by atoms with Crippen molar-refractivity contribution in [2.75, 3.05) is 13.2 Å². The van der Waals surface area contributed by atoms with Gasteiger partial charge < -0.3 is 4.74 Å². The van der Waals surface area contributed by atoms with Crippen LogP contribution < -0.4 is 0 Å². The minimum absolute atomic E-state index is 0.539. The zero-order chi connectivity index (χ0) is 6.24. The molecule has 0 N–H and O–H groups in total. The quantitative estimate of drug-likeness (QED) is 0.305. The maximum absolute atomic E-state index is 4.75. The van der Waals surface area contributed by atoms with Crippen LogP contribution in [0.1, 0.15) is 6.92 Å². The molecule has 2 heteroatoms. The summed E-state index contributed by atoms with van der Waals surface area (Å²) >= 11 is 0. The van der Waals surface area contributed by atoms with Gasteiger partial charge in [-0.15, -0.1) is 0 Å². The summed E-state index contributed by atoms with van der Waals surface area (Å²) in [7, 11) is 0. The highest BCUT2D eigenvalue weighted by Gasteiger charge is 1.69. The monoisotopic (exact) mass is 113 g/mol. The van der Waals surface area contributed by atoms with Crippen molar-refractivity contribution in [1.82, 2.24) is 0 Å². The van der Waals surface area contributed by atoms with Crippen LogP contribution in [-0.2, 0) is 4.74 Å². The van der Waals surface area contributed by atoms with E-state index in [-0.39, 0.29) is 0 Å². The molecule has 0 aromatic heterocycles. The molecule has 0 atom stereocenters. The first kappa shape index (κ1) is 7.21. The van der Waals surface area contributed by atoms with E-state index >= 15 is 0 Å². The average Bonchev–Trinajstić information content (AvgIpc) is 1.81. The summed E-state index contributed by atoms with van der Waals surface area (Å²) in [5.74, 6) is 0. The predicted octanol–water partition coefficient (Wildman–Crippen LogP) is 1.24. The molecule has 0 heterocycles. The minimum atomic E-state index is 0.539. The maximum atomic E-state index is 4.75. The fourth-order valence-corrected chi connectivity index (χ4v) is 0.293. The van der Waals surface area contributed by atoms with Crippen molar-refractivity contribution in [3.05, 3.63) is 12.8 Å². The molecule has 0 aliphatic rings. The van der Waals surface area contributed by atoms with E-state index < -0.39 is 0 Å². The van der Waals surface area contributed by atoms with Crippen LogP contribution in [0.5, 0.6) is 0 Å². The van der Waals surface area contributed by atoms with Crippen LogP contribution >= 0.6 is 0 Å². The molecule has 0 aromatic rings. The standard InChI is InChI=1S/C6H11NO/c1-3-7-5-6-8-4-2/h4-5H,2-3,6H2,1H3. The Bertz CT molecular complexity index is 78.6. The Morgan fingerprint density at radius 1 is 1.75 bits per heavy atom. The van der Waals surface area contributed by atoms with Crippen LogP contribution in [-0.4, -0.2) is 19.4 Å². The van der Waals surface area contributed by atoms with Crippen molar-refractivity contribution in [1.29, 1.82) is 0 Å². The van der Waals surface area contributed by atoms with E-state index in [0.717, 1.165) is 6.54 Å². The van der Waals surface area contributed by atoms with Crippen LogP contribution in [0.3, 0.4) is 0 Å². The smallest absolute Gasteiger partial charge is 0.122 e. The molecular formula is C6H11NO. The molecule has 0 radical (unpaired) electrons. The Morgan fingerprint density at radius 3 is 3.00 bits per heavy atom. The fourth-order valence-electron chi connectivity index (χ4n) is 0.293. The minimum Gasteiger partial charge on any atom is -0.496 e. The second-order valence-electron chi connectivity index (χ2n) is 1.18. The largest absolute Gasteiger partial charge is 0.496 e. The lowest BCUT2D eigenvalue weighted by Gasteiger charge is -1.88. The van der Waals surface area contributed by atoms with Crippen molar-refractivity contribution in [3.63, 3.8) is 0 Å². The highest BCUT2D eigenvalue weighted by atomic mass is 16.5. The van der Waals surface area contributed by atoms with Crippen LogP contribution in [0.4, 0.5) is 0 Å². The van der Waals surface area contributed by atoms with Crippen molar-refractivity contribution in [3.8, 4) is 0 Å². The van der Waals surface area contributed by atoms with Gasteiger partial charge in [0.25, 0.3) is 0 Å². The molecule has 2 nitrogen and oxygen atoms in total. The zero-order valence-electron chi connectivity index (χ0n) is 5.13. The molecule has 0 aromatic carbocycles. The number of ether oxygens (including phenoxy) is 1. The molecule has 8 heavy (non-hydrogen) atoms. The summed E-state index contributed by atoms with van der Waals surface area (Å²) in [5.41, 5.74) is 0. The van der Waals surface area contributed by atoms with Gasteiger partial charge in [-0.25, -0.2) is 0 Å².